The fraction of sp³-hybridized carbons (Fsp3) is 0.588. The van der Waals surface area contributed by atoms with Gasteiger partial charge in [0.15, 0.2) is 0 Å². The largest absolute Gasteiger partial charge is 0.443 e. The van der Waals surface area contributed by atoms with E-state index < -0.39 is 11.7 Å². The van der Waals surface area contributed by atoms with Gasteiger partial charge in [0.1, 0.15) is 5.60 Å². The third kappa shape index (κ3) is 6.03. The number of nitrogens with one attached hydrogen (secondary N) is 2. The topological polar surface area (TPSA) is 53.6 Å². The van der Waals surface area contributed by atoms with Crippen molar-refractivity contribution in [1.82, 2.24) is 15.8 Å². The molecule has 2 N–H and O–H groups in total. The van der Waals surface area contributed by atoms with Crippen molar-refractivity contribution in [3.8, 4) is 0 Å². The second-order valence-electron chi connectivity index (χ2n) is 6.79. The van der Waals surface area contributed by atoms with E-state index in [2.05, 4.69) is 40.0 Å². The van der Waals surface area contributed by atoms with Crippen molar-refractivity contribution in [3.63, 3.8) is 0 Å². The van der Waals surface area contributed by atoms with Crippen LogP contribution >= 0.6 is 0 Å². The van der Waals surface area contributed by atoms with Crippen LogP contribution in [0.2, 0.25) is 0 Å². The predicted molar refractivity (Wildman–Crippen MR) is 87.5 cm³/mol. The lowest BCUT2D eigenvalue weighted by molar-refractivity contribution is 0.0488. The highest BCUT2D eigenvalue weighted by Crippen LogP contribution is 2.10. The molecular weight excluding hydrogens is 278 g/mol. The van der Waals surface area contributed by atoms with Crippen molar-refractivity contribution >= 4 is 6.09 Å². The van der Waals surface area contributed by atoms with Crippen molar-refractivity contribution in [2.24, 2.45) is 0 Å². The maximum atomic E-state index is 11.6. The van der Waals surface area contributed by atoms with E-state index in [0.29, 0.717) is 0 Å². The fourth-order valence-corrected chi connectivity index (χ4v) is 2.55. The average molecular weight is 305 g/mol. The molecule has 1 fully saturated rings. The maximum Gasteiger partial charge on any atom is 0.422 e. The van der Waals surface area contributed by atoms with Gasteiger partial charge in [-0.15, -0.1) is 0 Å². The van der Waals surface area contributed by atoms with Crippen LogP contribution in [0.25, 0.3) is 0 Å². The lowest BCUT2D eigenvalue weighted by Crippen LogP contribution is -2.47. The first-order valence-corrected chi connectivity index (χ1v) is 7.93. The van der Waals surface area contributed by atoms with Crippen LogP contribution in [0.5, 0.6) is 0 Å². The zero-order valence-electron chi connectivity index (χ0n) is 13.8. The van der Waals surface area contributed by atoms with Crippen LogP contribution in [0.4, 0.5) is 4.79 Å². The van der Waals surface area contributed by atoms with Gasteiger partial charge in [-0.2, -0.15) is 0 Å². The Labute approximate surface area is 133 Å². The normalized spacial score (nSPS) is 19.1. The summed E-state index contributed by atoms with van der Waals surface area (Å²) in [5, 5.41) is 0. The quantitative estimate of drug-likeness (QED) is 0.820. The highest BCUT2D eigenvalue weighted by atomic mass is 16.6. The third-order valence-corrected chi connectivity index (χ3v) is 3.61. The zero-order chi connectivity index (χ0) is 16.0. The van der Waals surface area contributed by atoms with Gasteiger partial charge in [0.2, 0.25) is 0 Å². The molecule has 1 aliphatic rings. The van der Waals surface area contributed by atoms with Gasteiger partial charge in [0.05, 0.1) is 0 Å². The van der Waals surface area contributed by atoms with Crippen LogP contribution in [-0.2, 0) is 11.2 Å². The molecule has 5 heteroatoms. The first kappa shape index (κ1) is 16.8. The number of carbonyl (C=O) groups excluding carboxylic acids is 1. The Bertz CT molecular complexity index is 471. The molecule has 1 unspecified atom stereocenters. The van der Waals surface area contributed by atoms with Crippen molar-refractivity contribution in [2.75, 3.05) is 19.6 Å². The second-order valence-corrected chi connectivity index (χ2v) is 6.79. The van der Waals surface area contributed by atoms with Crippen LogP contribution in [0.1, 0.15) is 32.8 Å². The van der Waals surface area contributed by atoms with Crippen molar-refractivity contribution in [3.05, 3.63) is 35.9 Å². The summed E-state index contributed by atoms with van der Waals surface area (Å²) in [6.45, 7) is 8.62. The number of amides is 1. The van der Waals surface area contributed by atoms with Crippen molar-refractivity contribution in [1.29, 1.82) is 0 Å². The number of likely N-dealkylation sites (tertiary alicyclic amines) is 1. The summed E-state index contributed by atoms with van der Waals surface area (Å²) in [6.07, 6.45) is 1.67. The molecule has 0 bridgehead atoms. The number of hydrogen-bond acceptors (Lipinski definition) is 4. The molecule has 1 heterocycles. The van der Waals surface area contributed by atoms with Gasteiger partial charge >= 0.3 is 6.09 Å². The summed E-state index contributed by atoms with van der Waals surface area (Å²) >= 11 is 0. The molecule has 1 aromatic carbocycles. The first-order chi connectivity index (χ1) is 10.4. The molecule has 5 nitrogen and oxygen atoms in total. The molecule has 0 saturated carbocycles. The number of nitrogens with zero attached hydrogens (tertiary/aromatic N) is 1. The summed E-state index contributed by atoms with van der Waals surface area (Å²) in [6, 6.07) is 10.8. The SMILES string of the molecule is CC(C)(C)OC(=O)NNC1CCN(CCc2ccccc2)C1. The van der Waals surface area contributed by atoms with Gasteiger partial charge in [-0.05, 0) is 45.7 Å². The minimum absolute atomic E-state index is 0.281. The molecule has 0 spiro atoms. The highest BCUT2D eigenvalue weighted by molar-refractivity contribution is 5.67. The van der Waals surface area contributed by atoms with Crippen LogP contribution in [0.3, 0.4) is 0 Å². The Morgan fingerprint density at radius 2 is 2.05 bits per heavy atom. The monoisotopic (exact) mass is 305 g/mol. The van der Waals surface area contributed by atoms with Crippen molar-refractivity contribution < 1.29 is 9.53 Å². The first-order valence-electron chi connectivity index (χ1n) is 7.93. The number of rotatable bonds is 5. The van der Waals surface area contributed by atoms with Crippen molar-refractivity contribution in [2.45, 2.75) is 45.3 Å². The lowest BCUT2D eigenvalue weighted by Gasteiger charge is -2.21. The van der Waals surface area contributed by atoms with E-state index in [4.69, 9.17) is 4.74 Å². The number of hydrogen-bond donors (Lipinski definition) is 2. The average Bonchev–Trinajstić information content (AvgIpc) is 2.90. The van der Waals surface area contributed by atoms with Gasteiger partial charge in [0, 0.05) is 19.1 Å². The molecule has 1 aliphatic heterocycles. The Morgan fingerprint density at radius 3 is 2.73 bits per heavy atom. The maximum absolute atomic E-state index is 11.6. The van der Waals surface area contributed by atoms with Crippen LogP contribution in [-0.4, -0.2) is 42.3 Å². The van der Waals surface area contributed by atoms with E-state index in [1.54, 1.807) is 0 Å². The minimum Gasteiger partial charge on any atom is -0.443 e. The molecule has 1 aromatic rings. The summed E-state index contributed by atoms with van der Waals surface area (Å²) in [4.78, 5) is 14.0. The summed E-state index contributed by atoms with van der Waals surface area (Å²) in [7, 11) is 0. The minimum atomic E-state index is -0.469. The Kier molecular flexibility index (Phi) is 5.80. The summed E-state index contributed by atoms with van der Waals surface area (Å²) in [5.74, 6) is 0. The fourth-order valence-electron chi connectivity index (χ4n) is 2.55. The van der Waals surface area contributed by atoms with Gasteiger partial charge in [-0.25, -0.2) is 10.2 Å². The Hall–Kier alpha value is -1.59. The molecule has 1 amide bonds. The van der Waals surface area contributed by atoms with E-state index in [1.807, 2.05) is 26.8 Å². The Balaban J connectivity index is 1.64. The molecule has 22 heavy (non-hydrogen) atoms. The molecule has 0 aliphatic carbocycles. The number of benzene rings is 1. The molecule has 1 atom stereocenters. The van der Waals surface area contributed by atoms with E-state index in [1.165, 1.54) is 5.56 Å². The molecule has 0 aromatic heterocycles. The van der Waals surface area contributed by atoms with Gasteiger partial charge in [-0.1, -0.05) is 30.3 Å². The van der Waals surface area contributed by atoms with Gasteiger partial charge in [-0.3, -0.25) is 5.43 Å². The van der Waals surface area contributed by atoms with Crippen LogP contribution < -0.4 is 10.9 Å². The highest BCUT2D eigenvalue weighted by Gasteiger charge is 2.23. The van der Waals surface area contributed by atoms with E-state index >= 15 is 0 Å². The standard InChI is InChI=1S/C17H27N3O2/c1-17(2,3)22-16(21)19-18-15-10-12-20(13-15)11-9-14-7-5-4-6-8-14/h4-8,15,18H,9-13H2,1-3H3,(H,19,21). The Morgan fingerprint density at radius 1 is 1.32 bits per heavy atom. The van der Waals surface area contributed by atoms with Crippen LogP contribution in [0, 0.1) is 0 Å². The van der Waals surface area contributed by atoms with Gasteiger partial charge < -0.3 is 9.64 Å². The van der Waals surface area contributed by atoms with Gasteiger partial charge in [0.25, 0.3) is 0 Å². The predicted octanol–water partition coefficient (Wildman–Crippen LogP) is 2.33. The second kappa shape index (κ2) is 7.61. The molecule has 122 valence electrons. The summed E-state index contributed by atoms with van der Waals surface area (Å²) in [5.41, 5.74) is 6.60. The van der Waals surface area contributed by atoms with E-state index in [-0.39, 0.29) is 6.04 Å². The third-order valence-electron chi connectivity index (χ3n) is 3.61. The number of hydrazine groups is 1. The van der Waals surface area contributed by atoms with E-state index in [0.717, 1.165) is 32.5 Å². The number of carbonyl (C=O) groups is 1. The molecular formula is C17H27N3O2. The number of ether oxygens (including phenoxy) is 1. The van der Waals surface area contributed by atoms with E-state index in [9.17, 15) is 4.79 Å². The lowest BCUT2D eigenvalue weighted by atomic mass is 10.1. The smallest absolute Gasteiger partial charge is 0.422 e. The summed E-state index contributed by atoms with van der Waals surface area (Å²) < 4.78 is 5.20. The molecule has 0 radical (unpaired) electrons. The zero-order valence-corrected chi connectivity index (χ0v) is 13.8. The van der Waals surface area contributed by atoms with Crippen LogP contribution in [0.15, 0.2) is 30.3 Å². The molecule has 1 saturated heterocycles. The molecule has 2 rings (SSSR count).